The van der Waals surface area contributed by atoms with E-state index in [1.165, 1.54) is 31.4 Å². The zero-order chi connectivity index (χ0) is 16.8. The Balaban J connectivity index is 1.38. The second-order valence-corrected chi connectivity index (χ2v) is 6.93. The highest BCUT2D eigenvalue weighted by Gasteiger charge is 2.23. The molecule has 0 radical (unpaired) electrons. The van der Waals surface area contributed by atoms with Crippen molar-refractivity contribution in [2.24, 2.45) is 5.92 Å². The Morgan fingerprint density at radius 1 is 1.12 bits per heavy atom. The van der Waals surface area contributed by atoms with Gasteiger partial charge in [0.15, 0.2) is 6.61 Å². The van der Waals surface area contributed by atoms with Crippen molar-refractivity contribution in [3.63, 3.8) is 0 Å². The van der Waals surface area contributed by atoms with Crippen LogP contribution in [-0.2, 0) is 4.79 Å². The number of carbonyl (C=O) groups excluding carboxylic acids is 1. The van der Waals surface area contributed by atoms with Gasteiger partial charge in [0, 0.05) is 32.7 Å². The van der Waals surface area contributed by atoms with E-state index in [4.69, 9.17) is 4.74 Å². The van der Waals surface area contributed by atoms with Gasteiger partial charge >= 0.3 is 0 Å². The Kier molecular flexibility index (Phi) is 5.91. The summed E-state index contributed by atoms with van der Waals surface area (Å²) in [5.41, 5.74) is 1.19. The fourth-order valence-corrected chi connectivity index (χ4v) is 3.44. The lowest BCUT2D eigenvalue weighted by Crippen LogP contribution is -2.50. The number of amides is 1. The van der Waals surface area contributed by atoms with Crippen molar-refractivity contribution in [1.82, 2.24) is 9.80 Å². The molecule has 24 heavy (non-hydrogen) atoms. The zero-order valence-electron chi connectivity index (χ0n) is 14.6. The second kappa shape index (κ2) is 8.34. The monoisotopic (exact) mass is 328 g/mol. The van der Waals surface area contributed by atoms with E-state index >= 15 is 0 Å². The molecule has 1 aromatic rings. The van der Waals surface area contributed by atoms with Gasteiger partial charge in [-0.3, -0.25) is 9.69 Å². The molecule has 0 saturated carbocycles. The van der Waals surface area contributed by atoms with Crippen molar-refractivity contribution in [1.29, 1.82) is 0 Å². The summed E-state index contributed by atoms with van der Waals surface area (Å²) in [5, 5.41) is 0. The number of hydrogen-bond donors (Lipinski definition) is 0. The molecule has 1 aliphatic carbocycles. The summed E-state index contributed by atoms with van der Waals surface area (Å²) in [6.45, 7) is 6.95. The molecule has 1 fully saturated rings. The first kappa shape index (κ1) is 17.0. The summed E-state index contributed by atoms with van der Waals surface area (Å²) in [5.74, 6) is 1.65. The van der Waals surface area contributed by atoms with Gasteiger partial charge in [-0.25, -0.2) is 0 Å². The molecule has 1 aromatic carbocycles. The lowest BCUT2D eigenvalue weighted by Gasteiger charge is -2.36. The Morgan fingerprint density at radius 3 is 2.54 bits per heavy atom. The van der Waals surface area contributed by atoms with Crippen LogP contribution in [0.4, 0.5) is 0 Å². The molecule has 2 aliphatic rings. The predicted octanol–water partition coefficient (Wildman–Crippen LogP) is 2.87. The van der Waals surface area contributed by atoms with Crippen molar-refractivity contribution in [2.45, 2.75) is 26.2 Å². The van der Waals surface area contributed by atoms with Gasteiger partial charge < -0.3 is 9.64 Å². The molecular weight excluding hydrogens is 300 g/mol. The van der Waals surface area contributed by atoms with Gasteiger partial charge in [-0.05, 0) is 44.2 Å². The van der Waals surface area contributed by atoms with E-state index < -0.39 is 0 Å². The minimum Gasteiger partial charge on any atom is -0.484 e. The molecule has 4 heteroatoms. The summed E-state index contributed by atoms with van der Waals surface area (Å²) >= 11 is 0. The minimum absolute atomic E-state index is 0.0934. The number of allylic oxidation sites excluding steroid dienone is 2. The van der Waals surface area contributed by atoms with Crippen LogP contribution in [0.2, 0.25) is 0 Å². The van der Waals surface area contributed by atoms with E-state index in [2.05, 4.69) is 17.1 Å². The van der Waals surface area contributed by atoms with Gasteiger partial charge in [0.2, 0.25) is 0 Å². The summed E-state index contributed by atoms with van der Waals surface area (Å²) in [6.07, 6.45) is 8.35. The molecule has 0 unspecified atom stereocenters. The molecule has 1 aliphatic heterocycles. The standard InChI is InChI=1S/C20H28N2O2/c1-17-7-9-19(10-8-17)24-16-20(23)22-13-11-21(12-14-22)15-18-5-3-2-4-6-18/h2-3,7-10,18H,4-6,11-16H2,1H3/t18-/m1/s1. The van der Waals surface area contributed by atoms with Crippen molar-refractivity contribution in [2.75, 3.05) is 39.3 Å². The maximum atomic E-state index is 12.3. The summed E-state index contributed by atoms with van der Waals surface area (Å²) in [7, 11) is 0. The van der Waals surface area contributed by atoms with Crippen LogP contribution in [0.5, 0.6) is 5.75 Å². The summed E-state index contributed by atoms with van der Waals surface area (Å²) < 4.78 is 5.61. The van der Waals surface area contributed by atoms with Gasteiger partial charge in [0.1, 0.15) is 5.75 Å². The molecule has 1 atom stereocenters. The number of ether oxygens (including phenoxy) is 1. The SMILES string of the molecule is Cc1ccc(OCC(=O)N2CCN(C[C@@H]3CC=CCC3)CC2)cc1. The van der Waals surface area contributed by atoms with Crippen LogP contribution < -0.4 is 4.74 Å². The van der Waals surface area contributed by atoms with Gasteiger partial charge in [-0.2, -0.15) is 0 Å². The average molecular weight is 328 g/mol. The molecular formula is C20H28N2O2. The van der Waals surface area contributed by atoms with Crippen molar-refractivity contribution < 1.29 is 9.53 Å². The molecule has 4 nitrogen and oxygen atoms in total. The highest BCUT2D eigenvalue weighted by atomic mass is 16.5. The number of aryl methyl sites for hydroxylation is 1. The van der Waals surface area contributed by atoms with Crippen LogP contribution in [-0.4, -0.2) is 55.0 Å². The molecule has 1 saturated heterocycles. The Morgan fingerprint density at radius 2 is 1.88 bits per heavy atom. The Labute approximate surface area is 145 Å². The van der Waals surface area contributed by atoms with E-state index in [1.807, 2.05) is 36.1 Å². The molecule has 130 valence electrons. The van der Waals surface area contributed by atoms with Crippen LogP contribution >= 0.6 is 0 Å². The van der Waals surface area contributed by atoms with E-state index in [0.29, 0.717) is 0 Å². The van der Waals surface area contributed by atoms with Gasteiger partial charge in [-0.15, -0.1) is 0 Å². The van der Waals surface area contributed by atoms with Crippen LogP contribution in [0.25, 0.3) is 0 Å². The number of hydrogen-bond acceptors (Lipinski definition) is 3. The van der Waals surface area contributed by atoms with E-state index in [9.17, 15) is 4.79 Å². The van der Waals surface area contributed by atoms with E-state index in [-0.39, 0.29) is 12.5 Å². The smallest absolute Gasteiger partial charge is 0.260 e. The third kappa shape index (κ3) is 4.84. The lowest BCUT2D eigenvalue weighted by atomic mass is 9.94. The molecule has 0 N–H and O–H groups in total. The minimum atomic E-state index is 0.0934. The van der Waals surface area contributed by atoms with Gasteiger partial charge in [0.25, 0.3) is 5.91 Å². The third-order valence-corrected chi connectivity index (χ3v) is 5.00. The maximum Gasteiger partial charge on any atom is 0.260 e. The largest absolute Gasteiger partial charge is 0.484 e. The zero-order valence-corrected chi connectivity index (χ0v) is 14.6. The molecule has 1 heterocycles. The van der Waals surface area contributed by atoms with Gasteiger partial charge in [0.05, 0.1) is 0 Å². The van der Waals surface area contributed by atoms with E-state index in [0.717, 1.165) is 37.8 Å². The fraction of sp³-hybridized carbons (Fsp3) is 0.550. The third-order valence-electron chi connectivity index (χ3n) is 5.00. The molecule has 0 bridgehead atoms. The van der Waals surface area contributed by atoms with Gasteiger partial charge in [-0.1, -0.05) is 29.8 Å². The lowest BCUT2D eigenvalue weighted by molar-refractivity contribution is -0.135. The first-order chi connectivity index (χ1) is 11.7. The molecule has 1 amide bonds. The highest BCUT2D eigenvalue weighted by molar-refractivity contribution is 5.77. The Hall–Kier alpha value is -1.81. The average Bonchev–Trinajstić information content (AvgIpc) is 2.62. The van der Waals surface area contributed by atoms with Crippen LogP contribution in [0.1, 0.15) is 24.8 Å². The quantitative estimate of drug-likeness (QED) is 0.779. The maximum absolute atomic E-state index is 12.3. The summed E-state index contributed by atoms with van der Waals surface area (Å²) in [6, 6.07) is 7.83. The van der Waals surface area contributed by atoms with Crippen LogP contribution in [0, 0.1) is 12.8 Å². The number of carbonyl (C=O) groups is 1. The highest BCUT2D eigenvalue weighted by Crippen LogP contribution is 2.20. The predicted molar refractivity (Wildman–Crippen MR) is 96.2 cm³/mol. The molecule has 0 aromatic heterocycles. The van der Waals surface area contributed by atoms with Crippen LogP contribution in [0.15, 0.2) is 36.4 Å². The number of benzene rings is 1. The first-order valence-corrected chi connectivity index (χ1v) is 9.05. The second-order valence-electron chi connectivity index (χ2n) is 6.93. The molecule has 3 rings (SSSR count). The topological polar surface area (TPSA) is 32.8 Å². The fourth-order valence-electron chi connectivity index (χ4n) is 3.44. The van der Waals surface area contributed by atoms with Crippen molar-refractivity contribution >= 4 is 5.91 Å². The summed E-state index contributed by atoms with van der Waals surface area (Å²) in [4.78, 5) is 16.8. The first-order valence-electron chi connectivity index (χ1n) is 9.05. The number of nitrogens with zero attached hydrogens (tertiary/aromatic N) is 2. The van der Waals surface area contributed by atoms with Crippen molar-refractivity contribution in [3.8, 4) is 5.75 Å². The van der Waals surface area contributed by atoms with Crippen molar-refractivity contribution in [3.05, 3.63) is 42.0 Å². The number of piperazine rings is 1. The number of rotatable bonds is 5. The normalized spacial score (nSPS) is 21.7. The molecule has 0 spiro atoms. The van der Waals surface area contributed by atoms with E-state index in [1.54, 1.807) is 0 Å². The van der Waals surface area contributed by atoms with Crippen LogP contribution in [0.3, 0.4) is 0 Å². The Bertz CT molecular complexity index is 560.